The Morgan fingerprint density at radius 2 is 2.00 bits per heavy atom. The van der Waals surface area contributed by atoms with Crippen molar-refractivity contribution in [1.29, 1.82) is 0 Å². The van der Waals surface area contributed by atoms with Crippen LogP contribution in [0.2, 0.25) is 0 Å². The number of ketones is 1. The highest BCUT2D eigenvalue weighted by atomic mass is 16.2. The van der Waals surface area contributed by atoms with Crippen molar-refractivity contribution in [2.45, 2.75) is 0 Å². The summed E-state index contributed by atoms with van der Waals surface area (Å²) in [6.07, 6.45) is 7.23. The molecule has 1 aliphatic rings. The van der Waals surface area contributed by atoms with Crippen LogP contribution in [0.5, 0.6) is 0 Å². The highest BCUT2D eigenvalue weighted by molar-refractivity contribution is 6.07. The van der Waals surface area contributed by atoms with Crippen molar-refractivity contribution in [1.82, 2.24) is 0 Å². The van der Waals surface area contributed by atoms with Crippen molar-refractivity contribution >= 4 is 5.78 Å². The van der Waals surface area contributed by atoms with E-state index in [1.807, 2.05) is 0 Å². The van der Waals surface area contributed by atoms with Gasteiger partial charge in [-0.05, 0) is 17.3 Å². The monoisotopic (exact) mass is 135 g/mol. The SMILES string of the molecule is O=N/C=C1/C=CC=CC1=O. The number of hydrogen-bond acceptors (Lipinski definition) is 3. The van der Waals surface area contributed by atoms with Gasteiger partial charge in [0.25, 0.3) is 0 Å². The van der Waals surface area contributed by atoms with Crippen LogP contribution in [0, 0.1) is 4.91 Å². The molecule has 0 N–H and O–H groups in total. The number of nitroso groups, excluding NO2 is 1. The molecule has 1 rings (SSSR count). The van der Waals surface area contributed by atoms with Crippen LogP contribution >= 0.6 is 0 Å². The van der Waals surface area contributed by atoms with Crippen molar-refractivity contribution in [3.8, 4) is 0 Å². The zero-order valence-corrected chi connectivity index (χ0v) is 5.15. The van der Waals surface area contributed by atoms with Crippen molar-refractivity contribution < 1.29 is 4.79 Å². The maximum atomic E-state index is 10.8. The molecule has 0 unspecified atom stereocenters. The molecule has 0 aromatic rings. The highest BCUT2D eigenvalue weighted by Gasteiger charge is 2.03. The summed E-state index contributed by atoms with van der Waals surface area (Å²) in [5, 5.41) is 2.49. The lowest BCUT2D eigenvalue weighted by molar-refractivity contribution is -0.111. The summed E-state index contributed by atoms with van der Waals surface area (Å²) in [4.78, 5) is 20.5. The van der Waals surface area contributed by atoms with E-state index in [9.17, 15) is 9.70 Å². The average molecular weight is 135 g/mol. The first-order valence-electron chi connectivity index (χ1n) is 2.76. The third-order valence-corrected chi connectivity index (χ3v) is 1.11. The Bertz CT molecular complexity index is 248. The molecule has 10 heavy (non-hydrogen) atoms. The second-order valence-electron chi connectivity index (χ2n) is 1.77. The zero-order valence-electron chi connectivity index (χ0n) is 5.15. The zero-order chi connectivity index (χ0) is 7.40. The summed E-state index contributed by atoms with van der Waals surface area (Å²) in [7, 11) is 0. The molecular weight excluding hydrogens is 130 g/mol. The number of hydrogen-bond donors (Lipinski definition) is 0. The number of rotatable bonds is 1. The predicted octanol–water partition coefficient (Wildman–Crippen LogP) is 1.33. The molecule has 1 aliphatic carbocycles. The van der Waals surface area contributed by atoms with Crippen molar-refractivity contribution in [3.63, 3.8) is 0 Å². The third kappa shape index (κ3) is 1.25. The van der Waals surface area contributed by atoms with Gasteiger partial charge in [0.15, 0.2) is 5.78 Å². The molecule has 0 heterocycles. The highest BCUT2D eigenvalue weighted by Crippen LogP contribution is 2.05. The van der Waals surface area contributed by atoms with Crippen LogP contribution in [0.4, 0.5) is 0 Å². The van der Waals surface area contributed by atoms with Gasteiger partial charge < -0.3 is 0 Å². The minimum absolute atomic E-state index is 0.179. The Balaban J connectivity index is 2.90. The van der Waals surface area contributed by atoms with E-state index >= 15 is 0 Å². The molecule has 3 nitrogen and oxygen atoms in total. The van der Waals surface area contributed by atoms with E-state index in [2.05, 4.69) is 5.18 Å². The second-order valence-corrected chi connectivity index (χ2v) is 1.77. The maximum absolute atomic E-state index is 10.8. The maximum Gasteiger partial charge on any atom is 0.187 e. The van der Waals surface area contributed by atoms with Crippen LogP contribution in [0.25, 0.3) is 0 Å². The normalized spacial score (nSPS) is 20.0. The Morgan fingerprint density at radius 1 is 1.30 bits per heavy atom. The molecule has 0 spiro atoms. The molecule has 50 valence electrons. The summed E-state index contributed by atoms with van der Waals surface area (Å²) in [6, 6.07) is 0. The standard InChI is InChI=1S/C7H5NO2/c9-7-4-2-1-3-6(7)5-8-10/h1-5H/b6-5-. The molecule has 0 bridgehead atoms. The van der Waals surface area contributed by atoms with Gasteiger partial charge >= 0.3 is 0 Å². The largest absolute Gasteiger partial charge is 0.289 e. The fraction of sp³-hybridized carbons (Fsp3) is 0. The van der Waals surface area contributed by atoms with Crippen LogP contribution in [0.3, 0.4) is 0 Å². The van der Waals surface area contributed by atoms with Gasteiger partial charge in [0.05, 0.1) is 6.20 Å². The molecule has 0 radical (unpaired) electrons. The third-order valence-electron chi connectivity index (χ3n) is 1.11. The fourth-order valence-corrected chi connectivity index (χ4v) is 0.644. The van der Waals surface area contributed by atoms with Gasteiger partial charge in [-0.25, -0.2) is 0 Å². The second kappa shape index (κ2) is 2.87. The van der Waals surface area contributed by atoms with Crippen molar-refractivity contribution in [2.24, 2.45) is 5.18 Å². The fourth-order valence-electron chi connectivity index (χ4n) is 0.644. The van der Waals surface area contributed by atoms with Gasteiger partial charge in [0, 0.05) is 5.57 Å². The molecule has 0 aromatic heterocycles. The first-order chi connectivity index (χ1) is 4.84. The van der Waals surface area contributed by atoms with Crippen LogP contribution in [0.15, 0.2) is 41.3 Å². The van der Waals surface area contributed by atoms with E-state index in [1.54, 1.807) is 18.2 Å². The molecule has 0 fully saturated rings. The minimum atomic E-state index is -0.179. The quantitative estimate of drug-likeness (QED) is 0.402. The molecule has 0 amide bonds. The lowest BCUT2D eigenvalue weighted by atomic mass is 10.1. The number of carbonyl (C=O) groups is 1. The lowest BCUT2D eigenvalue weighted by Gasteiger charge is -1.95. The minimum Gasteiger partial charge on any atom is -0.289 e. The van der Waals surface area contributed by atoms with Gasteiger partial charge in [0.1, 0.15) is 0 Å². The van der Waals surface area contributed by atoms with Crippen molar-refractivity contribution in [3.05, 3.63) is 41.0 Å². The van der Waals surface area contributed by atoms with E-state index in [1.165, 1.54) is 6.08 Å². The molecular formula is C7H5NO2. The lowest BCUT2D eigenvalue weighted by Crippen LogP contribution is -1.97. The molecule has 0 aromatic carbocycles. The predicted molar refractivity (Wildman–Crippen MR) is 37.2 cm³/mol. The Hall–Kier alpha value is -1.51. The van der Waals surface area contributed by atoms with E-state index in [4.69, 9.17) is 0 Å². The first kappa shape index (κ1) is 6.61. The van der Waals surface area contributed by atoms with E-state index in [-0.39, 0.29) is 5.78 Å². The van der Waals surface area contributed by atoms with Crippen LogP contribution in [-0.4, -0.2) is 5.78 Å². The van der Waals surface area contributed by atoms with Gasteiger partial charge in [-0.15, -0.1) is 4.91 Å². The van der Waals surface area contributed by atoms with E-state index in [0.29, 0.717) is 5.57 Å². The summed E-state index contributed by atoms with van der Waals surface area (Å²) in [6.45, 7) is 0. The Kier molecular flexibility index (Phi) is 1.89. The summed E-state index contributed by atoms with van der Waals surface area (Å²) < 4.78 is 0. The molecule has 0 saturated heterocycles. The van der Waals surface area contributed by atoms with Gasteiger partial charge in [0.2, 0.25) is 0 Å². The average Bonchev–Trinajstić information content (AvgIpc) is 1.94. The summed E-state index contributed by atoms with van der Waals surface area (Å²) in [5.41, 5.74) is 0.331. The van der Waals surface area contributed by atoms with E-state index < -0.39 is 0 Å². The first-order valence-corrected chi connectivity index (χ1v) is 2.76. The molecule has 0 atom stereocenters. The summed E-state index contributed by atoms with van der Waals surface area (Å²) >= 11 is 0. The Labute approximate surface area is 57.7 Å². The van der Waals surface area contributed by atoms with Crippen LogP contribution in [-0.2, 0) is 4.79 Å². The van der Waals surface area contributed by atoms with Gasteiger partial charge in [-0.3, -0.25) is 4.79 Å². The molecule has 3 heteroatoms. The Morgan fingerprint density at radius 3 is 2.60 bits per heavy atom. The van der Waals surface area contributed by atoms with Gasteiger partial charge in [-0.2, -0.15) is 0 Å². The smallest absolute Gasteiger partial charge is 0.187 e. The summed E-state index contributed by atoms with van der Waals surface area (Å²) in [5.74, 6) is -0.179. The number of allylic oxidation sites excluding steroid dienone is 5. The molecule has 0 saturated carbocycles. The number of nitrogens with zero attached hydrogens (tertiary/aromatic N) is 1. The van der Waals surface area contributed by atoms with Crippen LogP contribution < -0.4 is 0 Å². The number of carbonyl (C=O) groups excluding carboxylic acids is 1. The van der Waals surface area contributed by atoms with E-state index in [0.717, 1.165) is 6.20 Å². The van der Waals surface area contributed by atoms with Crippen LogP contribution in [0.1, 0.15) is 0 Å². The topological polar surface area (TPSA) is 46.5 Å². The van der Waals surface area contributed by atoms with Gasteiger partial charge in [-0.1, -0.05) is 12.2 Å². The molecule has 0 aliphatic heterocycles. The van der Waals surface area contributed by atoms with Crippen molar-refractivity contribution in [2.75, 3.05) is 0 Å².